The van der Waals surface area contributed by atoms with Crippen molar-refractivity contribution in [1.29, 1.82) is 0 Å². The number of fused-ring (bicyclic) bond motifs is 2. The molecule has 1 amide bonds. The van der Waals surface area contributed by atoms with Gasteiger partial charge in [-0.25, -0.2) is 4.39 Å². The molecule has 4 rings (SSSR count). The summed E-state index contributed by atoms with van der Waals surface area (Å²) in [5.74, 6) is -0.393. The highest BCUT2D eigenvalue weighted by molar-refractivity contribution is 5.95. The average molecular weight is 299 g/mol. The molecule has 2 unspecified atom stereocenters. The summed E-state index contributed by atoms with van der Waals surface area (Å²) in [5.41, 5.74) is 0.453. The van der Waals surface area contributed by atoms with Crippen molar-refractivity contribution < 1.29 is 9.18 Å². The van der Waals surface area contributed by atoms with E-state index in [2.05, 4.69) is 5.10 Å². The van der Waals surface area contributed by atoms with Gasteiger partial charge in [0.1, 0.15) is 5.82 Å². The minimum Gasteiger partial charge on any atom is -0.333 e. The highest BCUT2D eigenvalue weighted by atomic mass is 19.1. The highest BCUT2D eigenvalue weighted by Gasteiger charge is 2.44. The van der Waals surface area contributed by atoms with Gasteiger partial charge in [-0.1, -0.05) is 6.07 Å². The van der Waals surface area contributed by atoms with Crippen LogP contribution in [0.1, 0.15) is 42.1 Å². The van der Waals surface area contributed by atoms with Crippen LogP contribution in [0.5, 0.6) is 0 Å². The van der Waals surface area contributed by atoms with Crippen molar-refractivity contribution >= 4 is 5.91 Å². The molecule has 2 aliphatic heterocycles. The van der Waals surface area contributed by atoms with Crippen molar-refractivity contribution in [3.63, 3.8) is 0 Å². The lowest BCUT2D eigenvalue weighted by Gasteiger charge is -2.39. The van der Waals surface area contributed by atoms with E-state index in [9.17, 15) is 9.18 Å². The molecule has 0 saturated carbocycles. The standard InChI is InChI=1S/C17H18FN3O/c18-13-4-1-3-12(9-13)17(22)21-14-5-6-15(21)11-16(10-14)20-8-2-7-19-20/h1-4,7-9,14-16H,5-6,10-11H2. The summed E-state index contributed by atoms with van der Waals surface area (Å²) in [4.78, 5) is 14.7. The van der Waals surface area contributed by atoms with E-state index >= 15 is 0 Å². The Kier molecular flexibility index (Phi) is 3.21. The Morgan fingerprint density at radius 1 is 1.14 bits per heavy atom. The molecule has 1 aromatic carbocycles. The predicted molar refractivity (Wildman–Crippen MR) is 79.9 cm³/mol. The Hall–Kier alpha value is -2.17. The Bertz CT molecular complexity index is 671. The normalized spacial score (nSPS) is 27.1. The zero-order valence-electron chi connectivity index (χ0n) is 12.2. The average Bonchev–Trinajstić information content (AvgIpc) is 3.13. The number of carbonyl (C=O) groups excluding carboxylic acids is 1. The Morgan fingerprint density at radius 3 is 2.55 bits per heavy atom. The first kappa shape index (κ1) is 13.5. The quantitative estimate of drug-likeness (QED) is 0.855. The molecule has 2 atom stereocenters. The summed E-state index contributed by atoms with van der Waals surface area (Å²) in [5, 5.41) is 4.34. The lowest BCUT2D eigenvalue weighted by molar-refractivity contribution is 0.0524. The summed E-state index contributed by atoms with van der Waals surface area (Å²) in [6.45, 7) is 0. The third-order valence-corrected chi connectivity index (χ3v) is 4.91. The second-order valence-corrected chi connectivity index (χ2v) is 6.22. The maximum Gasteiger partial charge on any atom is 0.254 e. The molecule has 1 aromatic heterocycles. The number of carbonyl (C=O) groups is 1. The summed E-state index contributed by atoms with van der Waals surface area (Å²) in [6.07, 6.45) is 7.71. The second-order valence-electron chi connectivity index (χ2n) is 6.22. The first-order valence-corrected chi connectivity index (χ1v) is 7.80. The first-order chi connectivity index (χ1) is 10.7. The molecule has 22 heavy (non-hydrogen) atoms. The van der Waals surface area contributed by atoms with E-state index in [0.29, 0.717) is 11.6 Å². The number of aromatic nitrogens is 2. The number of piperidine rings is 1. The Balaban J connectivity index is 1.56. The maximum absolute atomic E-state index is 13.4. The number of rotatable bonds is 2. The van der Waals surface area contributed by atoms with Gasteiger partial charge in [-0.2, -0.15) is 5.10 Å². The van der Waals surface area contributed by atoms with E-state index in [0.717, 1.165) is 25.7 Å². The molecular weight excluding hydrogens is 281 g/mol. The van der Waals surface area contributed by atoms with Crippen molar-refractivity contribution in [1.82, 2.24) is 14.7 Å². The lowest BCUT2D eigenvalue weighted by Crippen LogP contribution is -2.47. The number of amides is 1. The molecule has 0 spiro atoms. The van der Waals surface area contributed by atoms with E-state index in [1.807, 2.05) is 21.8 Å². The monoisotopic (exact) mass is 299 g/mol. The third-order valence-electron chi connectivity index (χ3n) is 4.91. The van der Waals surface area contributed by atoms with Crippen molar-refractivity contribution in [2.24, 2.45) is 0 Å². The van der Waals surface area contributed by atoms with Crippen molar-refractivity contribution in [2.45, 2.75) is 43.8 Å². The van der Waals surface area contributed by atoms with Crippen LogP contribution in [-0.4, -0.2) is 32.7 Å². The van der Waals surface area contributed by atoms with Crippen LogP contribution in [0.4, 0.5) is 4.39 Å². The number of nitrogens with zero attached hydrogens (tertiary/aromatic N) is 3. The fraction of sp³-hybridized carbons (Fsp3) is 0.412. The number of hydrogen-bond acceptors (Lipinski definition) is 2. The van der Waals surface area contributed by atoms with Crippen molar-refractivity contribution in [3.05, 3.63) is 54.1 Å². The summed E-state index contributed by atoms with van der Waals surface area (Å²) >= 11 is 0. The number of hydrogen-bond donors (Lipinski definition) is 0. The van der Waals surface area contributed by atoms with Crippen LogP contribution in [0, 0.1) is 5.82 Å². The first-order valence-electron chi connectivity index (χ1n) is 7.80. The summed E-state index contributed by atoms with van der Waals surface area (Å²) < 4.78 is 15.4. The van der Waals surface area contributed by atoms with Crippen molar-refractivity contribution in [3.8, 4) is 0 Å². The minimum atomic E-state index is -0.357. The Labute approximate surface area is 128 Å². The van der Waals surface area contributed by atoms with E-state index in [-0.39, 0.29) is 23.8 Å². The molecule has 2 saturated heterocycles. The van der Waals surface area contributed by atoms with Gasteiger partial charge >= 0.3 is 0 Å². The molecule has 2 aromatic rings. The van der Waals surface area contributed by atoms with Crippen LogP contribution in [0.15, 0.2) is 42.7 Å². The molecule has 0 radical (unpaired) electrons. The van der Waals surface area contributed by atoms with Gasteiger partial charge < -0.3 is 4.90 Å². The zero-order valence-corrected chi connectivity index (χ0v) is 12.2. The molecule has 2 aliphatic rings. The zero-order chi connectivity index (χ0) is 15.1. The van der Waals surface area contributed by atoms with Crippen LogP contribution in [0.25, 0.3) is 0 Å². The predicted octanol–water partition coefficient (Wildman–Crippen LogP) is 3.03. The molecule has 3 heterocycles. The maximum atomic E-state index is 13.4. The summed E-state index contributed by atoms with van der Waals surface area (Å²) in [7, 11) is 0. The largest absolute Gasteiger partial charge is 0.333 e. The van der Waals surface area contributed by atoms with Gasteiger partial charge in [0, 0.05) is 30.0 Å². The van der Waals surface area contributed by atoms with Crippen LogP contribution >= 0.6 is 0 Å². The van der Waals surface area contributed by atoms with Gasteiger partial charge in [-0.15, -0.1) is 0 Å². The van der Waals surface area contributed by atoms with Gasteiger partial charge in [0.2, 0.25) is 0 Å². The van der Waals surface area contributed by atoms with Gasteiger partial charge in [0.05, 0.1) is 6.04 Å². The van der Waals surface area contributed by atoms with Crippen LogP contribution in [0.2, 0.25) is 0 Å². The van der Waals surface area contributed by atoms with E-state index in [1.165, 1.54) is 12.1 Å². The van der Waals surface area contributed by atoms with Crippen LogP contribution in [-0.2, 0) is 0 Å². The third kappa shape index (κ3) is 2.21. The molecule has 0 N–H and O–H groups in total. The number of benzene rings is 1. The highest BCUT2D eigenvalue weighted by Crippen LogP contribution is 2.41. The second kappa shape index (κ2) is 5.23. The molecule has 114 valence electrons. The summed E-state index contributed by atoms with van der Waals surface area (Å²) in [6, 6.07) is 8.78. The van der Waals surface area contributed by atoms with E-state index in [4.69, 9.17) is 0 Å². The molecular formula is C17H18FN3O. The van der Waals surface area contributed by atoms with Crippen LogP contribution in [0.3, 0.4) is 0 Å². The molecule has 0 aliphatic carbocycles. The van der Waals surface area contributed by atoms with E-state index < -0.39 is 0 Å². The SMILES string of the molecule is O=C(c1cccc(F)c1)N1C2CCC1CC(n1cccn1)C2. The minimum absolute atomic E-state index is 0.0362. The molecule has 2 bridgehead atoms. The van der Waals surface area contributed by atoms with Gasteiger partial charge in [0.15, 0.2) is 0 Å². The Morgan fingerprint density at radius 2 is 1.91 bits per heavy atom. The molecule has 5 heteroatoms. The van der Waals surface area contributed by atoms with Gasteiger partial charge in [-0.05, 0) is 49.9 Å². The number of halogens is 1. The van der Waals surface area contributed by atoms with Gasteiger partial charge in [-0.3, -0.25) is 9.48 Å². The lowest BCUT2D eigenvalue weighted by atomic mass is 9.96. The fourth-order valence-electron chi connectivity index (χ4n) is 3.96. The van der Waals surface area contributed by atoms with Crippen molar-refractivity contribution in [2.75, 3.05) is 0 Å². The van der Waals surface area contributed by atoms with Gasteiger partial charge in [0.25, 0.3) is 5.91 Å². The molecule has 4 nitrogen and oxygen atoms in total. The van der Waals surface area contributed by atoms with E-state index in [1.54, 1.807) is 18.3 Å². The topological polar surface area (TPSA) is 38.1 Å². The molecule has 2 fully saturated rings. The van der Waals surface area contributed by atoms with Crippen LogP contribution < -0.4 is 0 Å². The smallest absolute Gasteiger partial charge is 0.254 e. The fourth-order valence-corrected chi connectivity index (χ4v) is 3.96.